The molecule has 1 aliphatic rings. The van der Waals surface area contributed by atoms with Crippen LogP contribution < -0.4 is 5.32 Å². The molecule has 1 aliphatic heterocycles. The van der Waals surface area contributed by atoms with Crippen LogP contribution in [0.3, 0.4) is 0 Å². The minimum atomic E-state index is -5.12. The molecule has 1 saturated heterocycles. The van der Waals surface area contributed by atoms with E-state index in [9.17, 15) is 38.7 Å². The highest BCUT2D eigenvalue weighted by Crippen LogP contribution is 2.26. The number of carbonyl (C=O) groups is 1. The lowest BCUT2D eigenvalue weighted by Crippen LogP contribution is -2.61. The molecule has 0 aromatic carbocycles. The SMILES string of the molecule is CCC/C=C/CC/C=C/CC/C=C/C(O)C(COC1OC(CO)C(O)C(OS(=O)(=O)O)C1O)NC(=O)C(O)CCCCCCCC/C=C\C/C=C\CCCCC. The number of aliphatic hydroxyl groups is 5. The zero-order chi connectivity index (χ0) is 41.4. The first-order chi connectivity index (χ1) is 26.9. The third kappa shape index (κ3) is 25.2. The number of allylic oxidation sites excluding steroid dienone is 9. The van der Waals surface area contributed by atoms with Crippen LogP contribution in [-0.4, -0.2) is 107 Å². The molecule has 8 atom stereocenters. The number of aliphatic hydroxyl groups excluding tert-OH is 5. The topological polar surface area (TPSA) is 212 Å². The molecule has 0 bridgehead atoms. The Hall–Kier alpha value is -2.24. The fourth-order valence-electron chi connectivity index (χ4n) is 6.00. The summed E-state index contributed by atoms with van der Waals surface area (Å²) in [7, 11) is -5.12. The van der Waals surface area contributed by atoms with Gasteiger partial charge in [0.25, 0.3) is 0 Å². The van der Waals surface area contributed by atoms with Crippen molar-refractivity contribution in [1.29, 1.82) is 0 Å². The lowest BCUT2D eigenvalue weighted by atomic mass is 9.99. The van der Waals surface area contributed by atoms with Crippen molar-refractivity contribution in [3.05, 3.63) is 60.8 Å². The van der Waals surface area contributed by atoms with Gasteiger partial charge >= 0.3 is 10.4 Å². The molecule has 0 spiro atoms. The molecular formula is C42H73NO12S. The van der Waals surface area contributed by atoms with E-state index in [1.54, 1.807) is 6.08 Å². The van der Waals surface area contributed by atoms with Crippen LogP contribution in [0.5, 0.6) is 0 Å². The van der Waals surface area contributed by atoms with Crippen LogP contribution in [0.15, 0.2) is 60.8 Å². The van der Waals surface area contributed by atoms with Crippen molar-refractivity contribution in [3.8, 4) is 0 Å². The summed E-state index contributed by atoms with van der Waals surface area (Å²) >= 11 is 0. The molecule has 1 fully saturated rings. The Kier molecular flexibility index (Phi) is 30.2. The number of ether oxygens (including phenoxy) is 2. The predicted octanol–water partition coefficient (Wildman–Crippen LogP) is 6.07. The summed E-state index contributed by atoms with van der Waals surface area (Å²) < 4.78 is 47.3. The summed E-state index contributed by atoms with van der Waals surface area (Å²) in [4.78, 5) is 13.0. The average Bonchev–Trinajstić information content (AvgIpc) is 3.16. The Morgan fingerprint density at radius 3 is 1.88 bits per heavy atom. The van der Waals surface area contributed by atoms with E-state index in [-0.39, 0.29) is 6.42 Å². The number of hydrogen-bond donors (Lipinski definition) is 7. The molecule has 1 amide bonds. The Labute approximate surface area is 336 Å². The first-order valence-corrected chi connectivity index (χ1v) is 22.1. The van der Waals surface area contributed by atoms with Crippen molar-refractivity contribution in [2.75, 3.05) is 13.2 Å². The van der Waals surface area contributed by atoms with Gasteiger partial charge in [0.15, 0.2) is 6.29 Å². The number of hydrogen-bond acceptors (Lipinski definition) is 11. The van der Waals surface area contributed by atoms with Gasteiger partial charge in [-0.2, -0.15) is 8.42 Å². The second-order valence-electron chi connectivity index (χ2n) is 14.3. The Bertz CT molecular complexity index is 1250. The number of amides is 1. The van der Waals surface area contributed by atoms with Crippen LogP contribution in [0.4, 0.5) is 0 Å². The normalized spacial score (nSPS) is 22.6. The van der Waals surface area contributed by atoms with Crippen LogP contribution in [0.25, 0.3) is 0 Å². The molecule has 14 heteroatoms. The van der Waals surface area contributed by atoms with Gasteiger partial charge in [0.1, 0.15) is 30.5 Å². The van der Waals surface area contributed by atoms with E-state index in [0.717, 1.165) is 83.5 Å². The zero-order valence-electron chi connectivity index (χ0n) is 33.8. The van der Waals surface area contributed by atoms with Gasteiger partial charge in [-0.15, -0.1) is 0 Å². The number of carbonyl (C=O) groups excluding carboxylic acids is 1. The molecule has 56 heavy (non-hydrogen) atoms. The molecule has 324 valence electrons. The van der Waals surface area contributed by atoms with Gasteiger partial charge in [-0.3, -0.25) is 9.35 Å². The van der Waals surface area contributed by atoms with Crippen molar-refractivity contribution in [2.24, 2.45) is 0 Å². The van der Waals surface area contributed by atoms with Crippen LogP contribution in [0, 0.1) is 0 Å². The molecule has 0 aliphatic carbocycles. The first kappa shape index (κ1) is 51.8. The van der Waals surface area contributed by atoms with Crippen LogP contribution in [-0.2, 0) is 28.9 Å². The van der Waals surface area contributed by atoms with Gasteiger partial charge in [0, 0.05) is 0 Å². The highest BCUT2D eigenvalue weighted by Gasteiger charge is 2.48. The second-order valence-corrected chi connectivity index (χ2v) is 15.4. The maximum atomic E-state index is 13.0. The first-order valence-electron chi connectivity index (χ1n) is 20.8. The maximum absolute atomic E-state index is 13.0. The summed E-state index contributed by atoms with van der Waals surface area (Å²) in [6, 6.07) is -1.15. The lowest BCUT2D eigenvalue weighted by molar-refractivity contribution is -0.298. The molecule has 0 radical (unpaired) electrons. The zero-order valence-corrected chi connectivity index (χ0v) is 34.6. The summed E-state index contributed by atoms with van der Waals surface area (Å²) in [6.45, 7) is 3.04. The molecule has 8 unspecified atom stereocenters. The van der Waals surface area contributed by atoms with Gasteiger partial charge in [-0.1, -0.05) is 126 Å². The summed E-state index contributed by atoms with van der Waals surface area (Å²) in [5, 5.41) is 54.9. The van der Waals surface area contributed by atoms with E-state index in [0.29, 0.717) is 12.8 Å². The monoisotopic (exact) mass is 815 g/mol. The molecule has 0 aromatic heterocycles. The predicted molar refractivity (Wildman–Crippen MR) is 219 cm³/mol. The standard InChI is InChI=1S/C42H73NO12S/c1-3-5-7-9-11-13-15-16-17-18-19-21-23-25-27-29-31-36(46)41(49)43-34(35(45)30-28-26-24-22-20-14-12-10-8-6-4-2)33-53-42-39(48)40(55-56(50,51)52)38(47)37(32-44)54-42/h8,10-11,13,16-17,20,22,28,30,34-40,42,44-48H,3-7,9,12,14-15,18-19,21,23-27,29,31-33H2,1-2H3,(H,43,49)(H,50,51,52)/b10-8+,13-11-,17-16-,22-20+,30-28+. The molecule has 1 rings (SSSR count). The van der Waals surface area contributed by atoms with Crippen molar-refractivity contribution in [3.63, 3.8) is 0 Å². The van der Waals surface area contributed by atoms with Crippen molar-refractivity contribution >= 4 is 16.3 Å². The van der Waals surface area contributed by atoms with E-state index in [4.69, 9.17) is 14.0 Å². The molecule has 7 N–H and O–H groups in total. The fraction of sp³-hybridized carbons (Fsp3) is 0.738. The molecular weight excluding hydrogens is 743 g/mol. The van der Waals surface area contributed by atoms with E-state index < -0.39 is 78.5 Å². The Morgan fingerprint density at radius 2 is 1.29 bits per heavy atom. The van der Waals surface area contributed by atoms with E-state index in [1.165, 1.54) is 25.3 Å². The maximum Gasteiger partial charge on any atom is 0.397 e. The highest BCUT2D eigenvalue weighted by atomic mass is 32.3. The molecule has 0 saturated carbocycles. The summed E-state index contributed by atoms with van der Waals surface area (Å²) in [6.07, 6.45) is 27.5. The van der Waals surface area contributed by atoms with Gasteiger partial charge in [-0.25, -0.2) is 4.18 Å². The smallest absolute Gasteiger partial charge is 0.394 e. The van der Waals surface area contributed by atoms with Crippen LogP contribution in [0.2, 0.25) is 0 Å². The quantitative estimate of drug-likeness (QED) is 0.0229. The van der Waals surface area contributed by atoms with E-state index in [1.807, 2.05) is 0 Å². The summed E-state index contributed by atoms with van der Waals surface area (Å²) in [5.41, 5.74) is 0. The third-order valence-electron chi connectivity index (χ3n) is 9.34. The third-order valence-corrected chi connectivity index (χ3v) is 9.80. The minimum Gasteiger partial charge on any atom is -0.394 e. The number of rotatable bonds is 33. The Balaban J connectivity index is 2.67. The van der Waals surface area contributed by atoms with E-state index >= 15 is 0 Å². The average molecular weight is 816 g/mol. The largest absolute Gasteiger partial charge is 0.397 e. The minimum absolute atomic E-state index is 0.218. The fourth-order valence-corrected chi connectivity index (χ4v) is 6.51. The molecule has 0 aromatic rings. The van der Waals surface area contributed by atoms with Crippen molar-refractivity contribution in [1.82, 2.24) is 5.32 Å². The van der Waals surface area contributed by atoms with Crippen molar-refractivity contribution < 1.29 is 57.0 Å². The number of unbranched alkanes of at least 4 members (excludes halogenated alkanes) is 12. The van der Waals surface area contributed by atoms with Gasteiger partial charge in [-0.05, 0) is 70.6 Å². The molecule has 13 nitrogen and oxygen atoms in total. The van der Waals surface area contributed by atoms with Gasteiger partial charge in [0.2, 0.25) is 5.91 Å². The Morgan fingerprint density at radius 1 is 0.732 bits per heavy atom. The number of nitrogens with one attached hydrogen (secondary N) is 1. The van der Waals surface area contributed by atoms with Crippen molar-refractivity contribution in [2.45, 2.75) is 185 Å². The highest BCUT2D eigenvalue weighted by molar-refractivity contribution is 7.80. The lowest BCUT2D eigenvalue weighted by Gasteiger charge is -2.41. The van der Waals surface area contributed by atoms with Gasteiger partial charge in [0.05, 0.1) is 25.4 Å². The molecule has 1 heterocycles. The van der Waals surface area contributed by atoms with Gasteiger partial charge < -0.3 is 40.3 Å². The summed E-state index contributed by atoms with van der Waals surface area (Å²) in [5.74, 6) is -0.731. The van der Waals surface area contributed by atoms with E-state index in [2.05, 4.69) is 72.0 Å². The van der Waals surface area contributed by atoms with Crippen LogP contribution >= 0.6 is 0 Å². The second kappa shape index (κ2) is 32.7. The van der Waals surface area contributed by atoms with Crippen LogP contribution in [0.1, 0.15) is 136 Å².